The van der Waals surface area contributed by atoms with Crippen molar-refractivity contribution in [2.45, 2.75) is 20.8 Å². The number of benzene rings is 1. The molecule has 0 amide bonds. The summed E-state index contributed by atoms with van der Waals surface area (Å²) >= 11 is 1.50. The number of nitrogens with zero attached hydrogens (tertiary/aromatic N) is 2. The zero-order chi connectivity index (χ0) is 13.1. The Balaban J connectivity index is 2.12. The molecule has 5 heteroatoms. The molecular formula is C13H15N3OS. The van der Waals surface area contributed by atoms with Gasteiger partial charge in [0.05, 0.1) is 11.9 Å². The van der Waals surface area contributed by atoms with Crippen LogP contribution in [0.2, 0.25) is 0 Å². The third-order valence-electron chi connectivity index (χ3n) is 2.72. The minimum atomic E-state index is 0.274. The molecule has 0 unspecified atom stereocenters. The fourth-order valence-corrected chi connectivity index (χ4v) is 2.13. The van der Waals surface area contributed by atoms with Crippen LogP contribution in [0.25, 0.3) is 0 Å². The Bertz CT molecular complexity index is 590. The molecule has 2 aromatic rings. The lowest BCUT2D eigenvalue weighted by atomic mass is 10.1. The molecule has 1 heterocycles. The Morgan fingerprint density at radius 1 is 1.33 bits per heavy atom. The van der Waals surface area contributed by atoms with Gasteiger partial charge >= 0.3 is 0 Å². The van der Waals surface area contributed by atoms with Crippen LogP contribution in [0.15, 0.2) is 22.6 Å². The summed E-state index contributed by atoms with van der Waals surface area (Å²) in [6.07, 6.45) is 1.60. The largest absolute Gasteiger partial charge is 0.507 e. The second kappa shape index (κ2) is 5.18. The second-order valence-corrected chi connectivity index (χ2v) is 4.97. The third-order valence-corrected chi connectivity index (χ3v) is 3.58. The van der Waals surface area contributed by atoms with Crippen molar-refractivity contribution in [3.63, 3.8) is 0 Å². The number of aromatic hydroxyl groups is 1. The summed E-state index contributed by atoms with van der Waals surface area (Å²) in [5.74, 6) is 0.274. The van der Waals surface area contributed by atoms with Gasteiger partial charge in [-0.25, -0.2) is 4.98 Å². The standard InChI is InChI=1S/C13H15N3OS/c1-8-4-5-11(12(17)10(8)3)6-14-16-13-15-9(2)7-18-13/h4-7,17H,1-3H3,(H,15,16). The van der Waals surface area contributed by atoms with E-state index < -0.39 is 0 Å². The van der Waals surface area contributed by atoms with Crippen LogP contribution in [0.1, 0.15) is 22.4 Å². The van der Waals surface area contributed by atoms with E-state index in [0.717, 1.165) is 22.0 Å². The van der Waals surface area contributed by atoms with E-state index in [-0.39, 0.29) is 5.75 Å². The minimum absolute atomic E-state index is 0.274. The van der Waals surface area contributed by atoms with Crippen LogP contribution in [-0.4, -0.2) is 16.3 Å². The van der Waals surface area contributed by atoms with Gasteiger partial charge in [0.15, 0.2) is 0 Å². The Morgan fingerprint density at radius 3 is 2.78 bits per heavy atom. The third kappa shape index (κ3) is 2.68. The van der Waals surface area contributed by atoms with Gasteiger partial charge in [0, 0.05) is 10.9 Å². The molecule has 1 aromatic carbocycles. The van der Waals surface area contributed by atoms with Gasteiger partial charge < -0.3 is 5.11 Å². The first-order valence-electron chi connectivity index (χ1n) is 5.58. The van der Waals surface area contributed by atoms with Crippen molar-refractivity contribution in [1.29, 1.82) is 0 Å². The molecule has 4 nitrogen and oxygen atoms in total. The van der Waals surface area contributed by atoms with Crippen LogP contribution < -0.4 is 5.43 Å². The number of aryl methyl sites for hydroxylation is 2. The molecule has 0 aliphatic carbocycles. The van der Waals surface area contributed by atoms with Gasteiger partial charge in [-0.3, -0.25) is 5.43 Å². The number of rotatable bonds is 3. The molecule has 18 heavy (non-hydrogen) atoms. The molecule has 0 saturated heterocycles. The van der Waals surface area contributed by atoms with Crippen LogP contribution in [-0.2, 0) is 0 Å². The van der Waals surface area contributed by atoms with Crippen molar-refractivity contribution < 1.29 is 5.11 Å². The van der Waals surface area contributed by atoms with E-state index >= 15 is 0 Å². The summed E-state index contributed by atoms with van der Waals surface area (Å²) in [7, 11) is 0. The number of aromatic nitrogens is 1. The molecule has 0 saturated carbocycles. The molecule has 0 spiro atoms. The van der Waals surface area contributed by atoms with Gasteiger partial charge in [-0.15, -0.1) is 11.3 Å². The first kappa shape index (κ1) is 12.6. The van der Waals surface area contributed by atoms with Gasteiger partial charge in [-0.1, -0.05) is 6.07 Å². The summed E-state index contributed by atoms with van der Waals surface area (Å²) in [6, 6.07) is 3.81. The van der Waals surface area contributed by atoms with E-state index in [0.29, 0.717) is 5.56 Å². The number of hydrazone groups is 1. The van der Waals surface area contributed by atoms with Crippen molar-refractivity contribution in [3.8, 4) is 5.75 Å². The summed E-state index contributed by atoms with van der Waals surface area (Å²) in [5, 5.41) is 16.7. The average Bonchev–Trinajstić information content (AvgIpc) is 2.75. The predicted molar refractivity (Wildman–Crippen MR) is 75.6 cm³/mol. The Hall–Kier alpha value is -1.88. The summed E-state index contributed by atoms with van der Waals surface area (Å²) in [5.41, 5.74) is 6.44. The van der Waals surface area contributed by atoms with Gasteiger partial charge in [-0.05, 0) is 38.0 Å². The molecule has 2 N–H and O–H groups in total. The quantitative estimate of drug-likeness (QED) is 0.659. The Labute approximate surface area is 110 Å². The fraction of sp³-hybridized carbons (Fsp3) is 0.231. The Morgan fingerprint density at radius 2 is 2.11 bits per heavy atom. The molecule has 0 aliphatic heterocycles. The highest BCUT2D eigenvalue weighted by Crippen LogP contribution is 2.23. The lowest BCUT2D eigenvalue weighted by Gasteiger charge is -2.05. The molecule has 0 atom stereocenters. The lowest BCUT2D eigenvalue weighted by molar-refractivity contribution is 0.469. The van der Waals surface area contributed by atoms with Crippen LogP contribution >= 0.6 is 11.3 Å². The average molecular weight is 261 g/mol. The molecule has 94 valence electrons. The number of hydrogen-bond acceptors (Lipinski definition) is 5. The lowest BCUT2D eigenvalue weighted by Crippen LogP contribution is -1.92. The summed E-state index contributed by atoms with van der Waals surface area (Å²) in [6.45, 7) is 5.78. The first-order valence-corrected chi connectivity index (χ1v) is 6.46. The van der Waals surface area contributed by atoms with E-state index in [4.69, 9.17) is 0 Å². The van der Waals surface area contributed by atoms with E-state index in [1.165, 1.54) is 11.3 Å². The molecule has 0 bridgehead atoms. The molecule has 2 rings (SSSR count). The van der Waals surface area contributed by atoms with E-state index in [2.05, 4.69) is 15.5 Å². The van der Waals surface area contributed by atoms with Crippen molar-refractivity contribution in [2.75, 3.05) is 5.43 Å². The fourth-order valence-electron chi connectivity index (χ4n) is 1.49. The molecular weight excluding hydrogens is 246 g/mol. The SMILES string of the molecule is Cc1csc(NN=Cc2ccc(C)c(C)c2O)n1. The topological polar surface area (TPSA) is 57.5 Å². The number of phenolic OH excluding ortho intramolecular Hbond substituents is 1. The van der Waals surface area contributed by atoms with Crippen LogP contribution in [0.4, 0.5) is 5.13 Å². The van der Waals surface area contributed by atoms with Crippen molar-refractivity contribution in [3.05, 3.63) is 39.9 Å². The molecule has 1 aromatic heterocycles. The molecule has 0 aliphatic rings. The zero-order valence-corrected chi connectivity index (χ0v) is 11.4. The Kier molecular flexibility index (Phi) is 3.62. The number of thiazole rings is 1. The number of hydrogen-bond donors (Lipinski definition) is 2. The maximum Gasteiger partial charge on any atom is 0.203 e. The van der Waals surface area contributed by atoms with Crippen LogP contribution in [0.5, 0.6) is 5.75 Å². The highest BCUT2D eigenvalue weighted by molar-refractivity contribution is 7.13. The molecule has 0 fully saturated rings. The minimum Gasteiger partial charge on any atom is -0.507 e. The van der Waals surface area contributed by atoms with E-state index in [1.54, 1.807) is 6.21 Å². The van der Waals surface area contributed by atoms with Crippen LogP contribution in [0.3, 0.4) is 0 Å². The van der Waals surface area contributed by atoms with E-state index in [1.807, 2.05) is 38.3 Å². The van der Waals surface area contributed by atoms with Gasteiger partial charge in [0.1, 0.15) is 5.75 Å². The van der Waals surface area contributed by atoms with Crippen molar-refractivity contribution in [1.82, 2.24) is 4.98 Å². The smallest absolute Gasteiger partial charge is 0.203 e. The van der Waals surface area contributed by atoms with Gasteiger partial charge in [-0.2, -0.15) is 5.10 Å². The number of nitrogens with one attached hydrogen (secondary N) is 1. The first-order chi connectivity index (χ1) is 8.58. The predicted octanol–water partition coefficient (Wildman–Crippen LogP) is 3.22. The zero-order valence-electron chi connectivity index (χ0n) is 10.6. The monoisotopic (exact) mass is 261 g/mol. The van der Waals surface area contributed by atoms with Crippen molar-refractivity contribution >= 4 is 22.7 Å². The normalized spacial score (nSPS) is 11.1. The van der Waals surface area contributed by atoms with Gasteiger partial charge in [0.25, 0.3) is 0 Å². The van der Waals surface area contributed by atoms with Crippen LogP contribution in [0, 0.1) is 20.8 Å². The maximum absolute atomic E-state index is 9.95. The number of phenols is 1. The summed E-state index contributed by atoms with van der Waals surface area (Å²) < 4.78 is 0. The highest BCUT2D eigenvalue weighted by atomic mass is 32.1. The highest BCUT2D eigenvalue weighted by Gasteiger charge is 2.04. The van der Waals surface area contributed by atoms with Crippen molar-refractivity contribution in [2.24, 2.45) is 5.10 Å². The summed E-state index contributed by atoms with van der Waals surface area (Å²) in [4.78, 5) is 4.23. The maximum atomic E-state index is 9.95. The van der Waals surface area contributed by atoms with Gasteiger partial charge in [0.2, 0.25) is 5.13 Å². The molecule has 0 radical (unpaired) electrons. The van der Waals surface area contributed by atoms with E-state index in [9.17, 15) is 5.11 Å². The number of anilines is 1. The second-order valence-electron chi connectivity index (χ2n) is 4.11.